The van der Waals surface area contributed by atoms with Gasteiger partial charge in [0.25, 0.3) is 0 Å². The lowest BCUT2D eigenvalue weighted by Crippen LogP contribution is -2.42. The molecule has 0 bridgehead atoms. The topological polar surface area (TPSA) is 84.9 Å². The predicted octanol–water partition coefficient (Wildman–Crippen LogP) is 1.00. The minimum Gasteiger partial charge on any atom is -0.481 e. The maximum atomic E-state index is 11.3. The summed E-state index contributed by atoms with van der Waals surface area (Å²) < 4.78 is 9.80. The molecular formula is C10H19NO5. The van der Waals surface area contributed by atoms with Crippen LogP contribution in [0.25, 0.3) is 0 Å². The fourth-order valence-corrected chi connectivity index (χ4v) is 1.04. The molecule has 6 nitrogen and oxygen atoms in total. The second-order valence-electron chi connectivity index (χ2n) is 4.40. The van der Waals surface area contributed by atoms with Gasteiger partial charge in [-0.1, -0.05) is 0 Å². The van der Waals surface area contributed by atoms with E-state index in [-0.39, 0.29) is 13.0 Å². The molecule has 0 rings (SSSR count). The summed E-state index contributed by atoms with van der Waals surface area (Å²) >= 11 is 0. The Bertz CT molecular complexity index is 246. The summed E-state index contributed by atoms with van der Waals surface area (Å²) in [5.74, 6) is -1.00. The first-order valence-corrected chi connectivity index (χ1v) is 4.95. The maximum absolute atomic E-state index is 11.3. The van der Waals surface area contributed by atoms with Gasteiger partial charge < -0.3 is 19.9 Å². The summed E-state index contributed by atoms with van der Waals surface area (Å²) in [5.41, 5.74) is -0.606. The molecule has 0 fully saturated rings. The number of amides is 1. The van der Waals surface area contributed by atoms with Crippen molar-refractivity contribution in [2.24, 2.45) is 0 Å². The Morgan fingerprint density at radius 2 is 1.94 bits per heavy atom. The van der Waals surface area contributed by atoms with Gasteiger partial charge in [-0.05, 0) is 20.8 Å². The third-order valence-electron chi connectivity index (χ3n) is 1.51. The summed E-state index contributed by atoms with van der Waals surface area (Å²) in [6, 6.07) is -0.586. The van der Waals surface area contributed by atoms with E-state index in [2.05, 4.69) is 5.32 Å². The molecule has 94 valence electrons. The van der Waals surface area contributed by atoms with Crippen LogP contribution in [0.5, 0.6) is 0 Å². The molecule has 0 saturated heterocycles. The van der Waals surface area contributed by atoms with Crippen molar-refractivity contribution in [1.29, 1.82) is 0 Å². The van der Waals surface area contributed by atoms with E-state index in [0.717, 1.165) is 0 Å². The summed E-state index contributed by atoms with van der Waals surface area (Å²) in [6.07, 6.45) is -0.844. The van der Waals surface area contributed by atoms with Crippen molar-refractivity contribution in [3.05, 3.63) is 0 Å². The SMILES string of the molecule is COC[C@@H](CC(=O)O)NC(=O)OC(C)(C)C. The normalized spacial score (nSPS) is 13.0. The van der Waals surface area contributed by atoms with Gasteiger partial charge in [0.1, 0.15) is 5.60 Å². The molecule has 1 atom stereocenters. The van der Waals surface area contributed by atoms with Gasteiger partial charge in [0.05, 0.1) is 19.1 Å². The number of carbonyl (C=O) groups excluding carboxylic acids is 1. The van der Waals surface area contributed by atoms with Gasteiger partial charge in [-0.2, -0.15) is 0 Å². The van der Waals surface area contributed by atoms with Gasteiger partial charge in [-0.3, -0.25) is 4.79 Å². The van der Waals surface area contributed by atoms with E-state index in [9.17, 15) is 9.59 Å². The van der Waals surface area contributed by atoms with Gasteiger partial charge in [-0.15, -0.1) is 0 Å². The number of carboxylic acids is 1. The molecule has 0 aliphatic heterocycles. The largest absolute Gasteiger partial charge is 0.481 e. The molecule has 1 amide bonds. The smallest absolute Gasteiger partial charge is 0.407 e. The molecular weight excluding hydrogens is 214 g/mol. The van der Waals surface area contributed by atoms with Crippen molar-refractivity contribution in [1.82, 2.24) is 5.32 Å². The average molecular weight is 233 g/mol. The van der Waals surface area contributed by atoms with Crippen LogP contribution in [0.4, 0.5) is 4.79 Å². The number of alkyl carbamates (subject to hydrolysis) is 1. The number of nitrogens with one attached hydrogen (secondary N) is 1. The van der Waals surface area contributed by atoms with Gasteiger partial charge in [0.15, 0.2) is 0 Å². The first-order chi connectivity index (χ1) is 7.24. The molecule has 0 saturated carbocycles. The van der Waals surface area contributed by atoms with Gasteiger partial charge >= 0.3 is 12.1 Å². The maximum Gasteiger partial charge on any atom is 0.407 e. The molecule has 0 heterocycles. The van der Waals surface area contributed by atoms with Crippen LogP contribution in [-0.2, 0) is 14.3 Å². The third-order valence-corrected chi connectivity index (χ3v) is 1.51. The van der Waals surface area contributed by atoms with E-state index in [1.807, 2.05) is 0 Å². The number of carboxylic acid groups (broad SMARTS) is 1. The molecule has 6 heteroatoms. The molecule has 2 N–H and O–H groups in total. The summed E-state index contributed by atoms with van der Waals surface area (Å²) in [6.45, 7) is 5.32. The van der Waals surface area contributed by atoms with Crippen LogP contribution >= 0.6 is 0 Å². The highest BCUT2D eigenvalue weighted by Gasteiger charge is 2.20. The third kappa shape index (κ3) is 8.05. The molecule has 0 aliphatic rings. The molecule has 0 aromatic heterocycles. The quantitative estimate of drug-likeness (QED) is 0.740. The fraction of sp³-hybridized carbons (Fsp3) is 0.800. The highest BCUT2D eigenvalue weighted by molar-refractivity contribution is 5.71. The Hall–Kier alpha value is -1.30. The average Bonchev–Trinajstić information content (AvgIpc) is 1.98. The van der Waals surface area contributed by atoms with Crippen LogP contribution in [0.3, 0.4) is 0 Å². The van der Waals surface area contributed by atoms with Crippen molar-refractivity contribution in [2.75, 3.05) is 13.7 Å². The van der Waals surface area contributed by atoms with Crippen LogP contribution in [0.1, 0.15) is 27.2 Å². The number of hydrogen-bond donors (Lipinski definition) is 2. The lowest BCUT2D eigenvalue weighted by molar-refractivity contribution is -0.137. The monoisotopic (exact) mass is 233 g/mol. The van der Waals surface area contributed by atoms with E-state index >= 15 is 0 Å². The molecule has 0 unspecified atom stereocenters. The van der Waals surface area contributed by atoms with Gasteiger partial charge in [0, 0.05) is 7.11 Å². The Morgan fingerprint density at radius 1 is 1.38 bits per heavy atom. The highest BCUT2D eigenvalue weighted by atomic mass is 16.6. The zero-order chi connectivity index (χ0) is 12.8. The van der Waals surface area contributed by atoms with Gasteiger partial charge in [-0.25, -0.2) is 4.79 Å². The molecule has 0 radical (unpaired) electrons. The highest BCUT2D eigenvalue weighted by Crippen LogP contribution is 2.07. The Labute approximate surface area is 94.9 Å². The lowest BCUT2D eigenvalue weighted by Gasteiger charge is -2.22. The van der Waals surface area contributed by atoms with Crippen molar-refractivity contribution < 1.29 is 24.2 Å². The Morgan fingerprint density at radius 3 is 2.31 bits per heavy atom. The summed E-state index contributed by atoms with van der Waals surface area (Å²) in [5, 5.41) is 11.0. The molecule has 0 aromatic rings. The number of carbonyl (C=O) groups is 2. The first-order valence-electron chi connectivity index (χ1n) is 4.95. The Kier molecular flexibility index (Phi) is 5.81. The van der Waals surface area contributed by atoms with Crippen molar-refractivity contribution in [3.63, 3.8) is 0 Å². The van der Waals surface area contributed by atoms with Gasteiger partial charge in [0.2, 0.25) is 0 Å². The summed E-state index contributed by atoms with van der Waals surface area (Å²) in [7, 11) is 1.44. The minimum absolute atomic E-state index is 0.130. The van der Waals surface area contributed by atoms with E-state index < -0.39 is 23.7 Å². The number of hydrogen-bond acceptors (Lipinski definition) is 4. The van der Waals surface area contributed by atoms with Crippen LogP contribution in [0.2, 0.25) is 0 Å². The van der Waals surface area contributed by atoms with Crippen LogP contribution < -0.4 is 5.32 Å². The van der Waals surface area contributed by atoms with Crippen LogP contribution in [-0.4, -0.2) is 42.5 Å². The number of ether oxygens (including phenoxy) is 2. The second-order valence-corrected chi connectivity index (χ2v) is 4.40. The van der Waals surface area contributed by atoms with Crippen LogP contribution in [0.15, 0.2) is 0 Å². The van der Waals surface area contributed by atoms with Crippen molar-refractivity contribution >= 4 is 12.1 Å². The molecule has 0 spiro atoms. The van der Waals surface area contributed by atoms with Crippen molar-refractivity contribution in [2.45, 2.75) is 38.8 Å². The number of rotatable bonds is 5. The van der Waals surface area contributed by atoms with E-state index in [1.165, 1.54) is 7.11 Å². The second kappa shape index (κ2) is 6.32. The lowest BCUT2D eigenvalue weighted by atomic mass is 10.2. The Balaban J connectivity index is 4.17. The predicted molar refractivity (Wildman–Crippen MR) is 57.3 cm³/mol. The molecule has 0 aliphatic carbocycles. The minimum atomic E-state index is -1.00. The van der Waals surface area contributed by atoms with E-state index in [0.29, 0.717) is 0 Å². The summed E-state index contributed by atoms with van der Waals surface area (Å²) in [4.78, 5) is 21.8. The number of methoxy groups -OCH3 is 1. The molecule has 16 heavy (non-hydrogen) atoms. The zero-order valence-electron chi connectivity index (χ0n) is 10.1. The van der Waals surface area contributed by atoms with E-state index in [1.54, 1.807) is 20.8 Å². The standard InChI is InChI=1S/C10H19NO5/c1-10(2,3)16-9(14)11-7(6-15-4)5-8(12)13/h7H,5-6H2,1-4H3,(H,11,14)(H,12,13)/t7-/m1/s1. The number of aliphatic carboxylic acids is 1. The van der Waals surface area contributed by atoms with Crippen molar-refractivity contribution in [3.8, 4) is 0 Å². The van der Waals surface area contributed by atoms with E-state index in [4.69, 9.17) is 14.6 Å². The fourth-order valence-electron chi connectivity index (χ4n) is 1.04. The molecule has 0 aromatic carbocycles. The first kappa shape index (κ1) is 14.7. The zero-order valence-corrected chi connectivity index (χ0v) is 10.1. The van der Waals surface area contributed by atoms with Crippen LogP contribution in [0, 0.1) is 0 Å².